The molecule has 2 aromatic heterocycles. The van der Waals surface area contributed by atoms with Crippen molar-refractivity contribution in [3.05, 3.63) is 69.9 Å². The van der Waals surface area contributed by atoms with Crippen molar-refractivity contribution in [1.82, 2.24) is 30.7 Å². The van der Waals surface area contributed by atoms with Gasteiger partial charge in [-0.25, -0.2) is 4.98 Å². The Morgan fingerprint density at radius 1 is 1.13 bits per heavy atom. The summed E-state index contributed by atoms with van der Waals surface area (Å²) in [6.45, 7) is 4.26. The van der Waals surface area contributed by atoms with E-state index >= 15 is 0 Å². The molecule has 0 saturated carbocycles. The molecule has 10 heteroatoms. The number of nitrogens with one attached hydrogen (secondary N) is 3. The first-order valence-electron chi connectivity index (χ1n) is 9.34. The van der Waals surface area contributed by atoms with Gasteiger partial charge < -0.3 is 16.0 Å². The van der Waals surface area contributed by atoms with E-state index < -0.39 is 0 Å². The Morgan fingerprint density at radius 3 is 2.57 bits per heavy atom. The van der Waals surface area contributed by atoms with Gasteiger partial charge in [0.15, 0.2) is 5.96 Å². The molecule has 0 aliphatic heterocycles. The minimum Gasteiger partial charge on any atom is -0.355 e. The number of guanidine groups is 1. The van der Waals surface area contributed by atoms with Crippen LogP contribution in [0.1, 0.15) is 26.5 Å². The van der Waals surface area contributed by atoms with E-state index in [1.54, 1.807) is 18.8 Å². The number of carbonyl (C=O) groups excluding carboxylic acids is 1. The highest BCUT2D eigenvalue weighted by Gasteiger charge is 2.10. The van der Waals surface area contributed by atoms with E-state index in [9.17, 15) is 4.79 Å². The molecule has 3 rings (SSSR count). The fraction of sp³-hybridized carbons (Fsp3) is 0.300. The van der Waals surface area contributed by atoms with Gasteiger partial charge >= 0.3 is 0 Å². The molecule has 0 aliphatic rings. The maximum Gasteiger partial charge on any atom is 0.263 e. The fourth-order valence-electron chi connectivity index (χ4n) is 2.81. The zero-order valence-corrected chi connectivity index (χ0v) is 20.1. The lowest BCUT2D eigenvalue weighted by atomic mass is 10.1. The molecule has 1 aromatic carbocycles. The predicted molar refractivity (Wildman–Crippen MR) is 131 cm³/mol. The van der Waals surface area contributed by atoms with Gasteiger partial charge in [-0.15, -0.1) is 35.3 Å². The van der Waals surface area contributed by atoms with Gasteiger partial charge in [-0.2, -0.15) is 5.10 Å². The smallest absolute Gasteiger partial charge is 0.263 e. The van der Waals surface area contributed by atoms with E-state index in [2.05, 4.69) is 43.2 Å². The van der Waals surface area contributed by atoms with Crippen molar-refractivity contribution in [1.29, 1.82) is 0 Å². The van der Waals surface area contributed by atoms with Crippen LogP contribution in [0.2, 0.25) is 0 Å². The monoisotopic (exact) mass is 539 g/mol. The molecule has 0 unspecified atom stereocenters. The number of aromatic nitrogens is 3. The molecule has 0 atom stereocenters. The molecule has 0 saturated heterocycles. The molecule has 0 radical (unpaired) electrons. The number of nitrogens with zero attached hydrogens (tertiary/aromatic N) is 4. The second kappa shape index (κ2) is 12.3. The van der Waals surface area contributed by atoms with Crippen LogP contribution >= 0.6 is 35.3 Å². The van der Waals surface area contributed by atoms with Crippen LogP contribution in [0, 0.1) is 6.92 Å². The maximum atomic E-state index is 12.1. The number of rotatable bonds is 8. The van der Waals surface area contributed by atoms with Crippen LogP contribution in [-0.2, 0) is 13.1 Å². The van der Waals surface area contributed by atoms with Gasteiger partial charge in [-0.1, -0.05) is 24.3 Å². The molecule has 1 amide bonds. The van der Waals surface area contributed by atoms with Gasteiger partial charge in [0, 0.05) is 39.1 Å². The van der Waals surface area contributed by atoms with Gasteiger partial charge in [0.25, 0.3) is 5.91 Å². The summed E-state index contributed by atoms with van der Waals surface area (Å²) in [5, 5.41) is 13.7. The van der Waals surface area contributed by atoms with E-state index in [0.29, 0.717) is 30.5 Å². The van der Waals surface area contributed by atoms with Crippen LogP contribution in [0.4, 0.5) is 0 Å². The topological polar surface area (TPSA) is 96.2 Å². The summed E-state index contributed by atoms with van der Waals surface area (Å²) in [6.07, 6.45) is 3.73. The first kappa shape index (κ1) is 23.8. The Morgan fingerprint density at radius 2 is 1.90 bits per heavy atom. The molecule has 0 aliphatic carbocycles. The molecule has 30 heavy (non-hydrogen) atoms. The van der Waals surface area contributed by atoms with E-state index in [1.165, 1.54) is 22.5 Å². The highest BCUT2D eigenvalue weighted by atomic mass is 127. The Balaban J connectivity index is 0.00000320. The second-order valence-corrected chi connectivity index (χ2v) is 7.20. The summed E-state index contributed by atoms with van der Waals surface area (Å²) in [5.41, 5.74) is 4.82. The molecular formula is C20H26IN7OS. The number of hydrogen-bond acceptors (Lipinski definition) is 5. The highest BCUT2D eigenvalue weighted by molar-refractivity contribution is 14.0. The van der Waals surface area contributed by atoms with Gasteiger partial charge in [0.2, 0.25) is 0 Å². The predicted octanol–water partition coefficient (Wildman–Crippen LogP) is 2.41. The third kappa shape index (κ3) is 6.80. The molecule has 8 nitrogen and oxygen atoms in total. The van der Waals surface area contributed by atoms with Crippen LogP contribution in [-0.4, -0.2) is 46.8 Å². The molecule has 0 fully saturated rings. The molecule has 160 valence electrons. The lowest BCUT2D eigenvalue weighted by molar-refractivity contribution is 0.0957. The molecule has 0 bridgehead atoms. The van der Waals surface area contributed by atoms with Crippen LogP contribution in [0.15, 0.2) is 53.2 Å². The van der Waals surface area contributed by atoms with Crippen molar-refractivity contribution in [3.8, 4) is 0 Å². The first-order valence-corrected chi connectivity index (χ1v) is 10.2. The number of aryl methyl sites for hydroxylation is 1. The Kier molecular flexibility index (Phi) is 9.74. The number of benzene rings is 1. The number of thiazole rings is 1. The van der Waals surface area contributed by atoms with Crippen molar-refractivity contribution in [2.45, 2.75) is 20.0 Å². The summed E-state index contributed by atoms with van der Waals surface area (Å²) in [4.78, 5) is 21.1. The second-order valence-electron chi connectivity index (χ2n) is 6.35. The van der Waals surface area contributed by atoms with Crippen molar-refractivity contribution >= 4 is 47.2 Å². The highest BCUT2D eigenvalue weighted by Crippen LogP contribution is 2.11. The fourth-order valence-corrected chi connectivity index (χ4v) is 3.53. The normalized spacial score (nSPS) is 10.9. The zero-order chi connectivity index (χ0) is 20.5. The average molecular weight is 539 g/mol. The number of carbonyl (C=O) groups is 1. The minimum absolute atomic E-state index is 0. The largest absolute Gasteiger partial charge is 0.355 e. The van der Waals surface area contributed by atoms with Crippen molar-refractivity contribution in [2.24, 2.45) is 4.99 Å². The van der Waals surface area contributed by atoms with Crippen molar-refractivity contribution in [2.75, 3.05) is 20.1 Å². The number of hydrogen-bond donors (Lipinski definition) is 3. The van der Waals surface area contributed by atoms with Gasteiger partial charge in [0.05, 0.1) is 17.7 Å². The summed E-state index contributed by atoms with van der Waals surface area (Å²) < 4.78 is 1.90. The van der Waals surface area contributed by atoms with Crippen LogP contribution in [0.25, 0.3) is 0 Å². The van der Waals surface area contributed by atoms with E-state index in [-0.39, 0.29) is 29.9 Å². The number of aliphatic imine (C=N–C) groups is 1. The van der Waals surface area contributed by atoms with E-state index in [0.717, 1.165) is 12.2 Å². The first-order chi connectivity index (χ1) is 14.2. The third-order valence-corrected chi connectivity index (χ3v) is 5.26. The lowest BCUT2D eigenvalue weighted by Gasteiger charge is -2.14. The van der Waals surface area contributed by atoms with E-state index in [1.807, 2.05) is 36.0 Å². The summed E-state index contributed by atoms with van der Waals surface area (Å²) in [5.74, 6) is 0.587. The number of halogens is 1. The maximum absolute atomic E-state index is 12.1. The Hall–Kier alpha value is -2.47. The van der Waals surface area contributed by atoms with Gasteiger partial charge in [0.1, 0.15) is 4.88 Å². The van der Waals surface area contributed by atoms with Crippen LogP contribution in [0.3, 0.4) is 0 Å². The lowest BCUT2D eigenvalue weighted by Crippen LogP contribution is -2.41. The average Bonchev–Trinajstić information content (AvgIpc) is 3.40. The minimum atomic E-state index is -0.0951. The summed E-state index contributed by atoms with van der Waals surface area (Å²) in [6, 6.07) is 10.2. The summed E-state index contributed by atoms with van der Waals surface area (Å²) >= 11 is 1.35. The third-order valence-electron chi connectivity index (χ3n) is 4.33. The van der Waals surface area contributed by atoms with Crippen LogP contribution in [0.5, 0.6) is 0 Å². The Labute approximate surface area is 197 Å². The van der Waals surface area contributed by atoms with Gasteiger partial charge in [-0.3, -0.25) is 14.5 Å². The molecule has 3 N–H and O–H groups in total. The Bertz CT molecular complexity index is 956. The SMILES string of the molecule is CN=C(NCCNC(=O)c1scnc1C)NCc1ccccc1Cn1cccn1.I. The van der Waals surface area contributed by atoms with Gasteiger partial charge in [-0.05, 0) is 24.1 Å². The molecular weight excluding hydrogens is 513 g/mol. The van der Waals surface area contributed by atoms with Crippen molar-refractivity contribution < 1.29 is 4.79 Å². The molecule has 0 spiro atoms. The van der Waals surface area contributed by atoms with E-state index in [4.69, 9.17) is 0 Å². The number of amides is 1. The summed E-state index contributed by atoms with van der Waals surface area (Å²) in [7, 11) is 1.73. The van der Waals surface area contributed by atoms with Crippen molar-refractivity contribution in [3.63, 3.8) is 0 Å². The molecule has 2 heterocycles. The molecule has 3 aromatic rings. The standard InChI is InChI=1S/C20H25N7OS.HI/c1-15-18(29-14-25-15)19(28)22-9-10-23-20(21-2)24-12-16-6-3-4-7-17(16)13-27-11-5-8-26-27;/h3-8,11,14H,9-10,12-13H2,1-2H3,(H,22,28)(H2,21,23,24);1H. The quantitative estimate of drug-likeness (QED) is 0.177. The zero-order valence-electron chi connectivity index (χ0n) is 17.0. The van der Waals surface area contributed by atoms with Crippen LogP contribution < -0.4 is 16.0 Å².